The minimum atomic E-state index is 1.11. The lowest BCUT2D eigenvalue weighted by Crippen LogP contribution is -3.27. The van der Waals surface area contributed by atoms with Crippen molar-refractivity contribution in [3.63, 3.8) is 0 Å². The summed E-state index contributed by atoms with van der Waals surface area (Å²) in [5.74, 6) is 0. The van der Waals surface area contributed by atoms with Gasteiger partial charge in [-0.05, 0) is 18.2 Å². The van der Waals surface area contributed by atoms with Crippen molar-refractivity contribution in [2.45, 2.75) is 13.1 Å². The van der Waals surface area contributed by atoms with E-state index in [-0.39, 0.29) is 0 Å². The number of nitrogens with zero attached hydrogens (tertiary/aromatic N) is 1. The molecule has 1 aliphatic heterocycles. The van der Waals surface area contributed by atoms with Gasteiger partial charge in [-0.2, -0.15) is 0 Å². The second kappa shape index (κ2) is 7.16. The minimum absolute atomic E-state index is 1.11. The van der Waals surface area contributed by atoms with Crippen LogP contribution in [0.1, 0.15) is 11.1 Å². The van der Waals surface area contributed by atoms with Crippen molar-refractivity contribution in [3.8, 4) is 0 Å². The van der Waals surface area contributed by atoms with E-state index in [0.717, 1.165) is 13.1 Å². The van der Waals surface area contributed by atoms with Crippen molar-refractivity contribution in [3.05, 3.63) is 64.4 Å². The highest BCUT2D eigenvalue weighted by atomic mass is 79.9. The van der Waals surface area contributed by atoms with Crippen LogP contribution in [0.3, 0.4) is 0 Å². The summed E-state index contributed by atoms with van der Waals surface area (Å²) in [5.41, 5.74) is 2.78. The molecule has 0 saturated carbocycles. The molecule has 0 spiro atoms. The van der Waals surface area contributed by atoms with Crippen LogP contribution >= 0.6 is 15.9 Å². The summed E-state index contributed by atoms with van der Waals surface area (Å²) >= 11 is 3.55. The van der Waals surface area contributed by atoms with Gasteiger partial charge in [0, 0.05) is 28.0 Å². The summed E-state index contributed by atoms with van der Waals surface area (Å²) in [6, 6.07) is 12.9. The molecule has 110 valence electrons. The molecule has 1 fully saturated rings. The predicted molar refractivity (Wildman–Crippen MR) is 87.2 cm³/mol. The number of piperazine rings is 1. The smallest absolute Gasteiger partial charge is 0.127 e. The molecule has 0 atom stereocenters. The van der Waals surface area contributed by atoms with Crippen LogP contribution in [0.4, 0.5) is 0 Å². The first-order valence-corrected chi connectivity index (χ1v) is 8.39. The second-order valence-corrected chi connectivity index (χ2v) is 6.76. The molecule has 4 heteroatoms. The zero-order chi connectivity index (χ0) is 14.5. The monoisotopic (exact) mass is 347 g/mol. The molecule has 2 heterocycles. The molecule has 1 aromatic heterocycles. The van der Waals surface area contributed by atoms with E-state index in [4.69, 9.17) is 0 Å². The molecule has 21 heavy (non-hydrogen) atoms. The maximum atomic E-state index is 4.21. The van der Waals surface area contributed by atoms with Gasteiger partial charge < -0.3 is 9.80 Å². The Hall–Kier alpha value is -1.23. The van der Waals surface area contributed by atoms with Gasteiger partial charge in [0.25, 0.3) is 0 Å². The first-order valence-electron chi connectivity index (χ1n) is 7.60. The van der Waals surface area contributed by atoms with Crippen molar-refractivity contribution in [1.82, 2.24) is 4.98 Å². The number of rotatable bonds is 4. The van der Waals surface area contributed by atoms with E-state index in [1.165, 1.54) is 41.8 Å². The Labute approximate surface area is 134 Å². The lowest BCUT2D eigenvalue weighted by molar-refractivity contribution is -1.02. The highest BCUT2D eigenvalue weighted by molar-refractivity contribution is 9.10. The number of halogens is 1. The van der Waals surface area contributed by atoms with Crippen LogP contribution in [0.2, 0.25) is 0 Å². The third-order valence-corrected chi connectivity index (χ3v) is 4.68. The van der Waals surface area contributed by atoms with Crippen LogP contribution < -0.4 is 9.80 Å². The lowest BCUT2D eigenvalue weighted by atomic mass is 10.2. The predicted octanol–water partition coefficient (Wildman–Crippen LogP) is 0.328. The average molecular weight is 348 g/mol. The Morgan fingerprint density at radius 3 is 2.19 bits per heavy atom. The van der Waals surface area contributed by atoms with Gasteiger partial charge in [0.1, 0.15) is 39.3 Å². The largest absolute Gasteiger partial charge is 0.322 e. The van der Waals surface area contributed by atoms with E-state index in [0.29, 0.717) is 0 Å². The third kappa shape index (κ3) is 4.37. The van der Waals surface area contributed by atoms with Crippen LogP contribution in [-0.4, -0.2) is 31.2 Å². The Kier molecular flexibility index (Phi) is 5.01. The summed E-state index contributed by atoms with van der Waals surface area (Å²) in [4.78, 5) is 7.58. The fourth-order valence-electron chi connectivity index (χ4n) is 3.04. The molecule has 2 aromatic rings. The van der Waals surface area contributed by atoms with Gasteiger partial charge in [0.05, 0.1) is 0 Å². The van der Waals surface area contributed by atoms with E-state index in [2.05, 4.69) is 51.2 Å². The molecule has 0 radical (unpaired) electrons. The summed E-state index contributed by atoms with van der Waals surface area (Å²) < 4.78 is 1.18. The average Bonchev–Trinajstić information content (AvgIpc) is 2.50. The number of quaternary nitrogens is 2. The zero-order valence-corrected chi connectivity index (χ0v) is 13.8. The van der Waals surface area contributed by atoms with E-state index in [1.54, 1.807) is 9.80 Å². The number of hydrogen-bond donors (Lipinski definition) is 2. The second-order valence-electron chi connectivity index (χ2n) is 5.84. The third-order valence-electron chi connectivity index (χ3n) is 4.18. The Balaban J connectivity index is 1.49. The fraction of sp³-hybridized carbons (Fsp3) is 0.353. The number of benzene rings is 1. The summed E-state index contributed by atoms with van der Waals surface area (Å²) in [6.07, 6.45) is 3.84. The van der Waals surface area contributed by atoms with Crippen LogP contribution in [-0.2, 0) is 13.1 Å². The number of nitrogens with one attached hydrogen (secondary N) is 2. The van der Waals surface area contributed by atoms with Crippen LogP contribution in [0.5, 0.6) is 0 Å². The van der Waals surface area contributed by atoms with Gasteiger partial charge in [-0.1, -0.05) is 34.1 Å². The van der Waals surface area contributed by atoms with Crippen LogP contribution in [0.25, 0.3) is 0 Å². The minimum Gasteiger partial charge on any atom is -0.322 e. The first kappa shape index (κ1) is 14.7. The van der Waals surface area contributed by atoms with Crippen molar-refractivity contribution in [2.75, 3.05) is 26.2 Å². The molecule has 0 bridgehead atoms. The molecule has 0 amide bonds. The molecule has 2 N–H and O–H groups in total. The van der Waals surface area contributed by atoms with Crippen LogP contribution in [0, 0.1) is 0 Å². The van der Waals surface area contributed by atoms with Crippen molar-refractivity contribution < 1.29 is 9.80 Å². The molecular formula is C17H22BrN3+2. The Morgan fingerprint density at radius 2 is 1.57 bits per heavy atom. The number of pyridine rings is 1. The van der Waals surface area contributed by atoms with Gasteiger partial charge >= 0.3 is 0 Å². The quantitative estimate of drug-likeness (QED) is 0.817. The van der Waals surface area contributed by atoms with Crippen molar-refractivity contribution in [1.29, 1.82) is 0 Å². The highest BCUT2D eigenvalue weighted by Gasteiger charge is 2.23. The summed E-state index contributed by atoms with van der Waals surface area (Å²) in [5, 5.41) is 0. The van der Waals surface area contributed by atoms with Gasteiger partial charge in [0.15, 0.2) is 0 Å². The fourth-order valence-corrected chi connectivity index (χ4v) is 3.48. The van der Waals surface area contributed by atoms with E-state index in [1.807, 2.05) is 18.5 Å². The molecule has 3 rings (SSSR count). The number of hydrogen-bond acceptors (Lipinski definition) is 1. The van der Waals surface area contributed by atoms with E-state index in [9.17, 15) is 0 Å². The maximum Gasteiger partial charge on any atom is 0.127 e. The van der Waals surface area contributed by atoms with E-state index >= 15 is 0 Å². The summed E-state index contributed by atoms with van der Waals surface area (Å²) in [7, 11) is 0. The molecule has 1 aromatic carbocycles. The van der Waals surface area contributed by atoms with Crippen molar-refractivity contribution >= 4 is 15.9 Å². The van der Waals surface area contributed by atoms with Gasteiger partial charge in [-0.15, -0.1) is 0 Å². The van der Waals surface area contributed by atoms with E-state index < -0.39 is 0 Å². The number of aromatic nitrogens is 1. The first-order chi connectivity index (χ1) is 10.3. The van der Waals surface area contributed by atoms with Crippen molar-refractivity contribution in [2.24, 2.45) is 0 Å². The molecule has 3 nitrogen and oxygen atoms in total. The Morgan fingerprint density at radius 1 is 0.905 bits per heavy atom. The lowest BCUT2D eigenvalue weighted by Gasteiger charge is -2.29. The summed E-state index contributed by atoms with van der Waals surface area (Å²) in [6.45, 7) is 7.25. The van der Waals surface area contributed by atoms with Gasteiger partial charge in [-0.25, -0.2) is 0 Å². The topological polar surface area (TPSA) is 21.8 Å². The Bertz CT molecular complexity index is 565. The van der Waals surface area contributed by atoms with Gasteiger partial charge in [-0.3, -0.25) is 4.98 Å². The standard InChI is InChI=1S/C17H20BrN3/c18-17-5-1-3-15(11-17)13-20-7-9-21(10-8-20)14-16-4-2-6-19-12-16/h1-6,11-12H,7-10,13-14H2/p+2. The maximum absolute atomic E-state index is 4.21. The van der Waals surface area contributed by atoms with Crippen LogP contribution in [0.15, 0.2) is 53.3 Å². The van der Waals surface area contributed by atoms with Gasteiger partial charge in [0.2, 0.25) is 0 Å². The molecule has 1 aliphatic rings. The molecule has 1 saturated heterocycles. The SMILES string of the molecule is Brc1cccc(C[NH+]2CC[NH+](Cc3cccnc3)CC2)c1. The zero-order valence-electron chi connectivity index (χ0n) is 12.2. The normalized spacial score (nSPS) is 22.1. The highest BCUT2D eigenvalue weighted by Crippen LogP contribution is 2.10. The molecular weight excluding hydrogens is 326 g/mol. The molecule has 0 aliphatic carbocycles. The molecule has 0 unspecified atom stereocenters.